The number of carboxylic acid groups (broad SMARTS) is 1. The summed E-state index contributed by atoms with van der Waals surface area (Å²) in [6, 6.07) is 4.12. The number of β-amino-alcohol motifs (C(OH)–C–C–N with tert-alkyl or cyclic N) is 2. The third kappa shape index (κ3) is 2.73. The van der Waals surface area contributed by atoms with Crippen LogP contribution < -0.4 is 5.32 Å². The number of hydrogen-bond donors (Lipinski definition) is 4. The van der Waals surface area contributed by atoms with E-state index in [-0.39, 0.29) is 18.7 Å². The van der Waals surface area contributed by atoms with Crippen molar-refractivity contribution in [3.8, 4) is 0 Å². The molecule has 1 aromatic carbocycles. The summed E-state index contributed by atoms with van der Waals surface area (Å²) in [7, 11) is 0. The largest absolute Gasteiger partial charge is 0.478 e. The van der Waals surface area contributed by atoms with Crippen LogP contribution in [0.4, 0.5) is 10.5 Å². The molecule has 1 heterocycles. The van der Waals surface area contributed by atoms with E-state index in [0.29, 0.717) is 11.3 Å². The second kappa shape index (κ2) is 5.48. The number of nitrogens with one attached hydrogen (secondary N) is 1. The molecule has 4 N–H and O–H groups in total. The number of aliphatic hydroxyl groups excluding tert-OH is 2. The summed E-state index contributed by atoms with van der Waals surface area (Å²) in [5.41, 5.74) is 0.962. The minimum atomic E-state index is -1.06. The van der Waals surface area contributed by atoms with Gasteiger partial charge in [0.15, 0.2) is 0 Å². The maximum atomic E-state index is 12.0. The number of likely N-dealkylation sites (tertiary alicyclic amines) is 1. The van der Waals surface area contributed by atoms with Crippen molar-refractivity contribution in [2.24, 2.45) is 0 Å². The van der Waals surface area contributed by atoms with Gasteiger partial charge in [-0.05, 0) is 24.6 Å². The highest BCUT2D eigenvalue weighted by atomic mass is 16.4. The molecular weight excluding hydrogens is 264 g/mol. The number of urea groups is 1. The summed E-state index contributed by atoms with van der Waals surface area (Å²) in [5, 5.41) is 30.4. The third-order valence-electron chi connectivity index (χ3n) is 3.35. The molecule has 7 nitrogen and oxygen atoms in total. The molecule has 0 aromatic heterocycles. The highest BCUT2D eigenvalue weighted by Gasteiger charge is 2.32. The van der Waals surface area contributed by atoms with Crippen molar-refractivity contribution >= 4 is 17.7 Å². The van der Waals surface area contributed by atoms with Gasteiger partial charge in [-0.1, -0.05) is 6.07 Å². The van der Waals surface area contributed by atoms with Gasteiger partial charge >= 0.3 is 12.0 Å². The number of amides is 2. The lowest BCUT2D eigenvalue weighted by atomic mass is 10.1. The van der Waals surface area contributed by atoms with E-state index in [1.165, 1.54) is 11.0 Å². The fraction of sp³-hybridized carbons (Fsp3) is 0.385. The smallest absolute Gasteiger partial charge is 0.336 e. The molecule has 2 rings (SSSR count). The molecule has 108 valence electrons. The van der Waals surface area contributed by atoms with Crippen molar-refractivity contribution in [2.45, 2.75) is 19.1 Å². The van der Waals surface area contributed by atoms with Crippen LogP contribution in [0.5, 0.6) is 0 Å². The van der Waals surface area contributed by atoms with Crippen molar-refractivity contribution in [2.75, 3.05) is 18.4 Å². The lowest BCUT2D eigenvalue weighted by Gasteiger charge is -2.18. The first-order valence-corrected chi connectivity index (χ1v) is 6.15. The highest BCUT2D eigenvalue weighted by Crippen LogP contribution is 2.20. The van der Waals surface area contributed by atoms with Crippen LogP contribution in [0.15, 0.2) is 18.2 Å². The van der Waals surface area contributed by atoms with E-state index in [9.17, 15) is 19.8 Å². The first-order chi connectivity index (χ1) is 9.40. The molecule has 0 aliphatic carbocycles. The zero-order valence-electron chi connectivity index (χ0n) is 10.9. The van der Waals surface area contributed by atoms with Crippen LogP contribution in [0.25, 0.3) is 0 Å². The lowest BCUT2D eigenvalue weighted by molar-refractivity contribution is 0.0572. The molecule has 1 aliphatic heterocycles. The first kappa shape index (κ1) is 14.3. The molecule has 0 radical (unpaired) electrons. The van der Waals surface area contributed by atoms with Crippen LogP contribution >= 0.6 is 0 Å². The van der Waals surface area contributed by atoms with E-state index in [4.69, 9.17) is 5.11 Å². The van der Waals surface area contributed by atoms with Crippen LogP contribution in [0, 0.1) is 6.92 Å². The second-order valence-corrected chi connectivity index (χ2v) is 4.75. The fourth-order valence-corrected chi connectivity index (χ4v) is 2.13. The maximum Gasteiger partial charge on any atom is 0.336 e. The van der Waals surface area contributed by atoms with Crippen molar-refractivity contribution in [3.63, 3.8) is 0 Å². The summed E-state index contributed by atoms with van der Waals surface area (Å²) in [4.78, 5) is 24.3. The molecule has 7 heteroatoms. The van der Waals surface area contributed by atoms with Gasteiger partial charge < -0.3 is 25.5 Å². The Labute approximate surface area is 115 Å². The SMILES string of the molecule is Cc1c(NC(=O)N2CC(O)C(O)C2)cccc1C(=O)O. The molecule has 2 atom stereocenters. The summed E-state index contributed by atoms with van der Waals surface area (Å²) >= 11 is 0. The van der Waals surface area contributed by atoms with Gasteiger partial charge in [0.05, 0.1) is 30.9 Å². The van der Waals surface area contributed by atoms with Crippen molar-refractivity contribution in [3.05, 3.63) is 29.3 Å². The Morgan fingerprint density at radius 1 is 1.25 bits per heavy atom. The van der Waals surface area contributed by atoms with Crippen LogP contribution in [-0.2, 0) is 0 Å². The molecule has 0 saturated carbocycles. The predicted molar refractivity (Wildman–Crippen MR) is 70.7 cm³/mol. The van der Waals surface area contributed by atoms with E-state index >= 15 is 0 Å². The van der Waals surface area contributed by atoms with E-state index in [0.717, 1.165) is 0 Å². The minimum Gasteiger partial charge on any atom is -0.478 e. The topological polar surface area (TPSA) is 110 Å². The molecule has 1 aromatic rings. The summed E-state index contributed by atoms with van der Waals surface area (Å²) < 4.78 is 0. The van der Waals surface area contributed by atoms with Crippen LogP contribution in [0.3, 0.4) is 0 Å². The standard InChI is InChI=1S/C13H16N2O5/c1-7-8(12(18)19)3-2-4-9(7)14-13(20)15-5-10(16)11(17)6-15/h2-4,10-11,16-17H,5-6H2,1H3,(H,14,20)(H,18,19). The normalized spacial score (nSPS) is 21.9. The van der Waals surface area contributed by atoms with Gasteiger partial charge in [0.2, 0.25) is 0 Å². The Morgan fingerprint density at radius 2 is 1.85 bits per heavy atom. The lowest BCUT2D eigenvalue weighted by Crippen LogP contribution is -2.34. The van der Waals surface area contributed by atoms with Crippen molar-refractivity contribution in [1.29, 1.82) is 0 Å². The average Bonchev–Trinajstić information content (AvgIpc) is 2.72. The van der Waals surface area contributed by atoms with Gasteiger partial charge in [-0.15, -0.1) is 0 Å². The van der Waals surface area contributed by atoms with Crippen molar-refractivity contribution < 1.29 is 24.9 Å². The number of aromatic carboxylic acids is 1. The maximum absolute atomic E-state index is 12.0. The Hall–Kier alpha value is -2.12. The number of rotatable bonds is 2. The van der Waals surface area contributed by atoms with E-state index in [1.54, 1.807) is 19.1 Å². The third-order valence-corrected chi connectivity index (χ3v) is 3.35. The summed E-state index contributed by atoms with van der Waals surface area (Å²) in [5.74, 6) is -1.06. The zero-order valence-corrected chi connectivity index (χ0v) is 10.9. The number of benzene rings is 1. The van der Waals surface area contributed by atoms with Gasteiger partial charge in [-0.2, -0.15) is 0 Å². The number of carboxylic acids is 1. The zero-order chi connectivity index (χ0) is 14.9. The number of nitrogens with zero attached hydrogens (tertiary/aromatic N) is 1. The van der Waals surface area contributed by atoms with Crippen LogP contribution in [0.1, 0.15) is 15.9 Å². The number of hydrogen-bond acceptors (Lipinski definition) is 4. The molecule has 1 aliphatic rings. The molecule has 2 unspecified atom stereocenters. The Balaban J connectivity index is 2.13. The first-order valence-electron chi connectivity index (χ1n) is 6.15. The Bertz CT molecular complexity index is 536. The fourth-order valence-electron chi connectivity index (χ4n) is 2.13. The Kier molecular flexibility index (Phi) is 3.91. The van der Waals surface area contributed by atoms with E-state index < -0.39 is 24.2 Å². The molecule has 1 saturated heterocycles. The predicted octanol–water partition coefficient (Wildman–Crippen LogP) is 0.263. The molecule has 0 spiro atoms. The van der Waals surface area contributed by atoms with Crippen LogP contribution in [-0.4, -0.2) is 57.5 Å². The van der Waals surface area contributed by atoms with E-state index in [1.807, 2.05) is 0 Å². The van der Waals surface area contributed by atoms with Gasteiger partial charge in [0.1, 0.15) is 0 Å². The second-order valence-electron chi connectivity index (χ2n) is 4.75. The Morgan fingerprint density at radius 3 is 2.40 bits per heavy atom. The van der Waals surface area contributed by atoms with Gasteiger partial charge in [0, 0.05) is 5.69 Å². The van der Waals surface area contributed by atoms with Gasteiger partial charge in [-0.3, -0.25) is 0 Å². The summed E-state index contributed by atoms with van der Waals surface area (Å²) in [6.07, 6.45) is -1.90. The average molecular weight is 280 g/mol. The number of carbonyl (C=O) groups is 2. The monoisotopic (exact) mass is 280 g/mol. The molecule has 2 amide bonds. The molecule has 1 fully saturated rings. The minimum absolute atomic E-state index is 0.0463. The summed E-state index contributed by atoms with van der Waals surface area (Å²) in [6.45, 7) is 1.70. The molecule has 0 bridgehead atoms. The highest BCUT2D eigenvalue weighted by molar-refractivity contribution is 5.95. The molecule has 20 heavy (non-hydrogen) atoms. The molecular formula is C13H16N2O5. The number of carbonyl (C=O) groups excluding carboxylic acids is 1. The van der Waals surface area contributed by atoms with Crippen molar-refractivity contribution in [1.82, 2.24) is 4.90 Å². The van der Waals surface area contributed by atoms with Gasteiger partial charge in [0.25, 0.3) is 0 Å². The van der Waals surface area contributed by atoms with Crippen LogP contribution in [0.2, 0.25) is 0 Å². The number of aliphatic hydroxyl groups is 2. The van der Waals surface area contributed by atoms with E-state index in [2.05, 4.69) is 5.32 Å². The number of anilines is 1. The quantitative estimate of drug-likeness (QED) is 0.621. The van der Waals surface area contributed by atoms with Gasteiger partial charge in [-0.25, -0.2) is 9.59 Å².